The summed E-state index contributed by atoms with van der Waals surface area (Å²) in [6.07, 6.45) is 5.86. The lowest BCUT2D eigenvalue weighted by atomic mass is 9.85. The number of benzene rings is 2. The van der Waals surface area contributed by atoms with E-state index >= 15 is 0 Å². The van der Waals surface area contributed by atoms with Crippen molar-refractivity contribution in [1.29, 1.82) is 0 Å². The average molecular weight is 434 g/mol. The molecule has 1 aromatic heterocycles. The fourth-order valence-corrected chi connectivity index (χ4v) is 4.99. The molecule has 0 bridgehead atoms. The SMILES string of the molecule is COc1cc(OC)cc(C(=O)N2CCC(c3nc4ccccc4n3CC3CCC3)CC2)c1. The van der Waals surface area contributed by atoms with Gasteiger partial charge in [-0.2, -0.15) is 0 Å². The number of imidazole rings is 1. The van der Waals surface area contributed by atoms with Gasteiger partial charge in [0.25, 0.3) is 5.91 Å². The van der Waals surface area contributed by atoms with E-state index in [1.807, 2.05) is 4.90 Å². The fraction of sp³-hybridized carbons (Fsp3) is 0.462. The number of nitrogens with zero attached hydrogens (tertiary/aromatic N) is 3. The summed E-state index contributed by atoms with van der Waals surface area (Å²) in [7, 11) is 3.20. The van der Waals surface area contributed by atoms with Gasteiger partial charge in [-0.3, -0.25) is 4.79 Å². The van der Waals surface area contributed by atoms with E-state index in [0.29, 0.717) is 23.0 Å². The van der Waals surface area contributed by atoms with Gasteiger partial charge in [-0.1, -0.05) is 18.6 Å². The molecule has 6 nitrogen and oxygen atoms in total. The Kier molecular flexibility index (Phi) is 5.77. The number of rotatable bonds is 6. The monoisotopic (exact) mass is 433 g/mol. The standard InChI is InChI=1S/C26H31N3O3/c1-31-21-14-20(15-22(16-21)32-2)26(30)28-12-10-19(11-13-28)25-27-23-8-3-4-9-24(23)29(25)17-18-6-5-7-18/h3-4,8-9,14-16,18-19H,5-7,10-13,17H2,1-2H3. The zero-order valence-corrected chi connectivity index (χ0v) is 18.9. The number of ether oxygens (including phenoxy) is 2. The third kappa shape index (κ3) is 3.94. The van der Waals surface area contributed by atoms with Crippen molar-refractivity contribution in [2.75, 3.05) is 27.3 Å². The Morgan fingerprint density at radius 1 is 1.00 bits per heavy atom. The summed E-state index contributed by atoms with van der Waals surface area (Å²) in [6.45, 7) is 2.53. The molecule has 2 heterocycles. The summed E-state index contributed by atoms with van der Waals surface area (Å²) in [4.78, 5) is 20.2. The first-order chi connectivity index (χ1) is 15.7. The third-order valence-corrected chi connectivity index (χ3v) is 7.10. The van der Waals surface area contributed by atoms with Crippen LogP contribution >= 0.6 is 0 Å². The van der Waals surface area contributed by atoms with Crippen LogP contribution in [-0.2, 0) is 6.54 Å². The predicted molar refractivity (Wildman–Crippen MR) is 124 cm³/mol. The van der Waals surface area contributed by atoms with Gasteiger partial charge in [0.05, 0.1) is 25.3 Å². The van der Waals surface area contributed by atoms with Gasteiger partial charge >= 0.3 is 0 Å². The Bertz CT molecular complexity index is 1090. The molecule has 0 atom stereocenters. The van der Waals surface area contributed by atoms with Crippen molar-refractivity contribution in [3.05, 3.63) is 53.9 Å². The maximum Gasteiger partial charge on any atom is 0.254 e. The van der Waals surface area contributed by atoms with E-state index in [-0.39, 0.29) is 5.91 Å². The quantitative estimate of drug-likeness (QED) is 0.556. The molecular weight excluding hydrogens is 402 g/mol. The molecule has 1 aliphatic heterocycles. The Balaban J connectivity index is 1.33. The van der Waals surface area contributed by atoms with Crippen molar-refractivity contribution in [2.45, 2.75) is 44.6 Å². The van der Waals surface area contributed by atoms with Crippen LogP contribution in [0.5, 0.6) is 11.5 Å². The fourth-order valence-electron chi connectivity index (χ4n) is 4.99. The summed E-state index contributed by atoms with van der Waals surface area (Å²) in [6, 6.07) is 13.8. The number of hydrogen-bond acceptors (Lipinski definition) is 4. The summed E-state index contributed by atoms with van der Waals surface area (Å²) in [5.74, 6) is 3.65. The van der Waals surface area contributed by atoms with Crippen LogP contribution in [0.25, 0.3) is 11.0 Å². The highest BCUT2D eigenvalue weighted by Gasteiger charge is 2.30. The molecule has 0 unspecified atom stereocenters. The maximum absolute atomic E-state index is 13.2. The Morgan fingerprint density at radius 3 is 2.31 bits per heavy atom. The normalized spacial score (nSPS) is 17.4. The highest BCUT2D eigenvalue weighted by molar-refractivity contribution is 5.95. The van der Waals surface area contributed by atoms with E-state index in [4.69, 9.17) is 14.5 Å². The smallest absolute Gasteiger partial charge is 0.254 e. The number of carbonyl (C=O) groups is 1. The molecule has 168 valence electrons. The predicted octanol–water partition coefficient (Wildman–Crippen LogP) is 4.87. The molecule has 0 N–H and O–H groups in total. The van der Waals surface area contributed by atoms with E-state index in [9.17, 15) is 4.79 Å². The lowest BCUT2D eigenvalue weighted by Gasteiger charge is -2.33. The molecule has 2 aliphatic rings. The Hall–Kier alpha value is -3.02. The number of likely N-dealkylation sites (tertiary alicyclic amines) is 1. The van der Waals surface area contributed by atoms with Gasteiger partial charge in [0.1, 0.15) is 17.3 Å². The first-order valence-electron chi connectivity index (χ1n) is 11.6. The topological polar surface area (TPSA) is 56.6 Å². The van der Waals surface area contributed by atoms with Gasteiger partial charge in [0.2, 0.25) is 0 Å². The van der Waals surface area contributed by atoms with Gasteiger partial charge in [-0.25, -0.2) is 4.98 Å². The molecule has 1 aliphatic carbocycles. The molecule has 2 fully saturated rings. The largest absolute Gasteiger partial charge is 0.497 e. The van der Waals surface area contributed by atoms with Gasteiger partial charge < -0.3 is 18.9 Å². The van der Waals surface area contributed by atoms with Crippen LogP contribution in [-0.4, -0.2) is 47.7 Å². The van der Waals surface area contributed by atoms with E-state index in [1.165, 1.54) is 30.6 Å². The van der Waals surface area contributed by atoms with Gasteiger partial charge in [0, 0.05) is 37.2 Å². The molecule has 2 aromatic carbocycles. The van der Waals surface area contributed by atoms with Gasteiger partial charge in [-0.15, -0.1) is 0 Å². The number of aromatic nitrogens is 2. The van der Waals surface area contributed by atoms with Crippen LogP contribution in [0.2, 0.25) is 0 Å². The van der Waals surface area contributed by atoms with E-state index in [2.05, 4.69) is 28.8 Å². The molecule has 1 amide bonds. The number of methoxy groups -OCH3 is 2. The van der Waals surface area contributed by atoms with Crippen LogP contribution in [0.4, 0.5) is 0 Å². The van der Waals surface area contributed by atoms with Crippen LogP contribution in [0.3, 0.4) is 0 Å². The number of fused-ring (bicyclic) bond motifs is 1. The summed E-state index contributed by atoms with van der Waals surface area (Å²) in [5, 5.41) is 0. The van der Waals surface area contributed by atoms with E-state index < -0.39 is 0 Å². The molecule has 1 saturated heterocycles. The van der Waals surface area contributed by atoms with Crippen molar-refractivity contribution in [2.24, 2.45) is 5.92 Å². The minimum atomic E-state index is 0.0311. The number of hydrogen-bond donors (Lipinski definition) is 0. The Labute approximate surface area is 189 Å². The number of carbonyl (C=O) groups excluding carboxylic acids is 1. The lowest BCUT2D eigenvalue weighted by molar-refractivity contribution is 0.0709. The highest BCUT2D eigenvalue weighted by Crippen LogP contribution is 2.35. The maximum atomic E-state index is 13.2. The average Bonchev–Trinajstić information content (AvgIpc) is 3.19. The van der Waals surface area contributed by atoms with Crippen molar-refractivity contribution < 1.29 is 14.3 Å². The van der Waals surface area contributed by atoms with Crippen molar-refractivity contribution in [3.8, 4) is 11.5 Å². The summed E-state index contributed by atoms with van der Waals surface area (Å²) in [5.41, 5.74) is 2.94. The van der Waals surface area contributed by atoms with Crippen molar-refractivity contribution in [1.82, 2.24) is 14.5 Å². The second kappa shape index (κ2) is 8.85. The summed E-state index contributed by atoms with van der Waals surface area (Å²) < 4.78 is 13.1. The van der Waals surface area contributed by atoms with E-state index in [0.717, 1.165) is 43.9 Å². The second-order valence-electron chi connectivity index (χ2n) is 9.03. The first kappa shape index (κ1) is 20.9. The van der Waals surface area contributed by atoms with Crippen molar-refractivity contribution in [3.63, 3.8) is 0 Å². The number of amides is 1. The molecular formula is C26H31N3O3. The molecule has 0 radical (unpaired) electrons. The molecule has 6 heteroatoms. The van der Waals surface area contributed by atoms with Crippen LogP contribution in [0.15, 0.2) is 42.5 Å². The minimum absolute atomic E-state index is 0.0311. The van der Waals surface area contributed by atoms with Gasteiger partial charge in [0.15, 0.2) is 0 Å². The summed E-state index contributed by atoms with van der Waals surface area (Å²) >= 11 is 0. The van der Waals surface area contributed by atoms with Crippen molar-refractivity contribution >= 4 is 16.9 Å². The second-order valence-corrected chi connectivity index (χ2v) is 9.03. The Morgan fingerprint density at radius 2 is 1.69 bits per heavy atom. The van der Waals surface area contributed by atoms with Crippen LogP contribution < -0.4 is 9.47 Å². The van der Waals surface area contributed by atoms with E-state index in [1.54, 1.807) is 32.4 Å². The lowest BCUT2D eigenvalue weighted by Crippen LogP contribution is -2.38. The van der Waals surface area contributed by atoms with Gasteiger partial charge in [-0.05, 0) is 55.9 Å². The number of para-hydroxylation sites is 2. The molecule has 3 aromatic rings. The molecule has 5 rings (SSSR count). The minimum Gasteiger partial charge on any atom is -0.497 e. The number of piperidine rings is 1. The van der Waals surface area contributed by atoms with Crippen LogP contribution in [0.1, 0.15) is 54.2 Å². The molecule has 1 saturated carbocycles. The molecule has 32 heavy (non-hydrogen) atoms. The molecule has 0 spiro atoms. The zero-order valence-electron chi connectivity index (χ0n) is 18.9. The van der Waals surface area contributed by atoms with Crippen LogP contribution in [0, 0.1) is 5.92 Å². The zero-order chi connectivity index (χ0) is 22.1. The highest BCUT2D eigenvalue weighted by atomic mass is 16.5. The first-order valence-corrected chi connectivity index (χ1v) is 11.6. The third-order valence-electron chi connectivity index (χ3n) is 7.10.